The third-order valence-electron chi connectivity index (χ3n) is 6.86. The molecule has 0 aromatic carbocycles. The van der Waals surface area contributed by atoms with Gasteiger partial charge < -0.3 is 4.90 Å². The first-order chi connectivity index (χ1) is 15.3. The highest BCUT2D eigenvalue weighted by Gasteiger charge is 2.16. The van der Waals surface area contributed by atoms with Crippen LogP contribution in [0.2, 0.25) is 0 Å². The molecule has 0 aliphatic carbocycles. The Kier molecular flexibility index (Phi) is 20.4. The second-order valence-corrected chi connectivity index (χ2v) is 9.90. The van der Waals surface area contributed by atoms with Crippen LogP contribution in [0, 0.1) is 0 Å². The van der Waals surface area contributed by atoms with E-state index in [1.165, 1.54) is 128 Å². The zero-order chi connectivity index (χ0) is 22.2. The smallest absolute Gasteiger partial charge is 0.222 e. The Hall–Kier alpha value is -0.790. The topological polar surface area (TPSA) is 20.3 Å². The van der Waals surface area contributed by atoms with Crippen LogP contribution in [-0.4, -0.2) is 23.9 Å². The molecule has 0 saturated carbocycles. The van der Waals surface area contributed by atoms with Gasteiger partial charge in [-0.1, -0.05) is 122 Å². The predicted octanol–water partition coefficient (Wildman–Crippen LogP) is 9.38. The summed E-state index contributed by atoms with van der Waals surface area (Å²) >= 11 is 0. The number of allylic oxidation sites excluding steroid dienone is 2. The molecule has 31 heavy (non-hydrogen) atoms. The summed E-state index contributed by atoms with van der Waals surface area (Å²) in [4.78, 5) is 14.0. The molecule has 0 radical (unpaired) electrons. The Morgan fingerprint density at radius 3 is 1.42 bits per heavy atom. The van der Waals surface area contributed by atoms with E-state index < -0.39 is 0 Å². The van der Waals surface area contributed by atoms with Crippen LogP contribution in [0.4, 0.5) is 0 Å². The van der Waals surface area contributed by atoms with Gasteiger partial charge in [-0.25, -0.2) is 0 Å². The molecule has 1 aliphatic rings. The average Bonchev–Trinajstić information content (AvgIpc) is 3.32. The summed E-state index contributed by atoms with van der Waals surface area (Å²) in [6.07, 6.45) is 35.5. The van der Waals surface area contributed by atoms with Gasteiger partial charge in [0.2, 0.25) is 5.91 Å². The highest BCUT2D eigenvalue weighted by atomic mass is 16.2. The Balaban J connectivity index is 1.69. The fourth-order valence-corrected chi connectivity index (χ4v) is 4.72. The molecule has 2 heteroatoms. The van der Waals surface area contributed by atoms with Crippen LogP contribution in [-0.2, 0) is 4.79 Å². The largest absolute Gasteiger partial charge is 0.343 e. The van der Waals surface area contributed by atoms with E-state index in [2.05, 4.69) is 19.1 Å². The Morgan fingerprint density at radius 2 is 0.968 bits per heavy atom. The van der Waals surface area contributed by atoms with Gasteiger partial charge in [0.15, 0.2) is 0 Å². The van der Waals surface area contributed by atoms with Gasteiger partial charge in [0.05, 0.1) is 0 Å². The summed E-state index contributed by atoms with van der Waals surface area (Å²) in [5, 5.41) is 0. The molecule has 0 bridgehead atoms. The van der Waals surface area contributed by atoms with E-state index in [0.29, 0.717) is 5.91 Å². The Morgan fingerprint density at radius 1 is 0.581 bits per heavy atom. The lowest BCUT2D eigenvalue weighted by atomic mass is 10.0. The molecule has 0 N–H and O–H groups in total. The Bertz CT molecular complexity index is 411. The van der Waals surface area contributed by atoms with Crippen molar-refractivity contribution in [2.24, 2.45) is 0 Å². The maximum Gasteiger partial charge on any atom is 0.222 e. The highest BCUT2D eigenvalue weighted by Crippen LogP contribution is 2.15. The van der Waals surface area contributed by atoms with Crippen molar-refractivity contribution in [3.05, 3.63) is 12.2 Å². The number of carbonyl (C=O) groups is 1. The lowest BCUT2D eigenvalue weighted by Crippen LogP contribution is -2.27. The van der Waals surface area contributed by atoms with Crippen LogP contribution in [0.5, 0.6) is 0 Å². The van der Waals surface area contributed by atoms with Gasteiger partial charge in [0.1, 0.15) is 0 Å². The summed E-state index contributed by atoms with van der Waals surface area (Å²) in [7, 11) is 0. The van der Waals surface area contributed by atoms with E-state index in [1.54, 1.807) is 0 Å². The average molecular weight is 434 g/mol. The summed E-state index contributed by atoms with van der Waals surface area (Å²) in [5.41, 5.74) is 0. The van der Waals surface area contributed by atoms with Crippen molar-refractivity contribution in [2.45, 2.75) is 155 Å². The summed E-state index contributed by atoms with van der Waals surface area (Å²) in [5.74, 6) is 0.374. The van der Waals surface area contributed by atoms with Crippen LogP contribution in [0.3, 0.4) is 0 Å². The normalized spacial score (nSPS) is 14.2. The van der Waals surface area contributed by atoms with Crippen molar-refractivity contribution in [3.63, 3.8) is 0 Å². The van der Waals surface area contributed by atoms with Gasteiger partial charge in [-0.2, -0.15) is 0 Å². The van der Waals surface area contributed by atoms with E-state index in [9.17, 15) is 4.79 Å². The highest BCUT2D eigenvalue weighted by molar-refractivity contribution is 5.76. The van der Waals surface area contributed by atoms with Crippen LogP contribution in [0.25, 0.3) is 0 Å². The summed E-state index contributed by atoms with van der Waals surface area (Å²) in [6, 6.07) is 0. The molecular weight excluding hydrogens is 378 g/mol. The third kappa shape index (κ3) is 18.5. The summed E-state index contributed by atoms with van der Waals surface area (Å²) in [6.45, 7) is 4.28. The second-order valence-electron chi connectivity index (χ2n) is 9.90. The van der Waals surface area contributed by atoms with Gasteiger partial charge in [-0.15, -0.1) is 0 Å². The van der Waals surface area contributed by atoms with Crippen LogP contribution >= 0.6 is 0 Å². The molecular formula is C29H55NO. The minimum absolute atomic E-state index is 0.374. The molecule has 2 nitrogen and oxygen atoms in total. The minimum atomic E-state index is 0.374. The van der Waals surface area contributed by atoms with E-state index in [4.69, 9.17) is 0 Å². The zero-order valence-corrected chi connectivity index (χ0v) is 21.2. The summed E-state index contributed by atoms with van der Waals surface area (Å²) < 4.78 is 0. The van der Waals surface area contributed by atoms with Gasteiger partial charge in [-0.05, 0) is 38.5 Å². The Labute approximate surface area is 195 Å². The third-order valence-corrected chi connectivity index (χ3v) is 6.86. The van der Waals surface area contributed by atoms with E-state index in [0.717, 1.165) is 32.4 Å². The first-order valence-electron chi connectivity index (χ1n) is 14.3. The van der Waals surface area contributed by atoms with Gasteiger partial charge >= 0.3 is 0 Å². The van der Waals surface area contributed by atoms with Gasteiger partial charge in [0.25, 0.3) is 0 Å². The number of nitrogens with zero attached hydrogens (tertiary/aromatic N) is 1. The predicted molar refractivity (Wildman–Crippen MR) is 138 cm³/mol. The monoisotopic (exact) mass is 433 g/mol. The lowest BCUT2D eigenvalue weighted by Gasteiger charge is -2.14. The fourth-order valence-electron chi connectivity index (χ4n) is 4.72. The quantitative estimate of drug-likeness (QED) is 0.123. The first kappa shape index (κ1) is 28.2. The van der Waals surface area contributed by atoms with Crippen molar-refractivity contribution in [2.75, 3.05) is 13.1 Å². The van der Waals surface area contributed by atoms with Gasteiger partial charge in [0, 0.05) is 19.5 Å². The molecule has 182 valence electrons. The zero-order valence-electron chi connectivity index (χ0n) is 21.2. The second kappa shape index (κ2) is 22.4. The van der Waals surface area contributed by atoms with Gasteiger partial charge in [-0.3, -0.25) is 4.79 Å². The molecule has 1 heterocycles. The maximum atomic E-state index is 12.0. The molecule has 0 aromatic heterocycles. The SMILES string of the molecule is CCCCCCCCCCCCCCCCCCCC=CCCCC(=O)N1CCCC1. The van der Waals surface area contributed by atoms with Crippen molar-refractivity contribution >= 4 is 5.91 Å². The van der Waals surface area contributed by atoms with Crippen LogP contribution in [0.15, 0.2) is 12.2 Å². The minimum Gasteiger partial charge on any atom is -0.343 e. The number of rotatable bonds is 22. The number of unbranched alkanes of at least 4 members (excludes halogenated alkanes) is 18. The number of hydrogen-bond donors (Lipinski definition) is 0. The molecule has 0 aromatic rings. The van der Waals surface area contributed by atoms with E-state index >= 15 is 0 Å². The van der Waals surface area contributed by atoms with E-state index in [-0.39, 0.29) is 0 Å². The number of likely N-dealkylation sites (tertiary alicyclic amines) is 1. The van der Waals surface area contributed by atoms with Crippen molar-refractivity contribution in [1.82, 2.24) is 4.90 Å². The number of carbonyl (C=O) groups excluding carboxylic acids is 1. The van der Waals surface area contributed by atoms with Crippen molar-refractivity contribution in [1.29, 1.82) is 0 Å². The molecule has 1 aliphatic heterocycles. The number of hydrogen-bond acceptors (Lipinski definition) is 1. The number of amides is 1. The van der Waals surface area contributed by atoms with Crippen molar-refractivity contribution in [3.8, 4) is 0 Å². The maximum absolute atomic E-state index is 12.0. The van der Waals surface area contributed by atoms with Crippen LogP contribution in [0.1, 0.15) is 155 Å². The lowest BCUT2D eigenvalue weighted by molar-refractivity contribution is -0.130. The van der Waals surface area contributed by atoms with Crippen LogP contribution < -0.4 is 0 Å². The standard InChI is InChI=1S/C29H55NO/c1-2-3-4-5-6-7-8-9-10-11-12-13-14-15-16-17-18-19-20-21-22-23-26-29(31)30-27-24-25-28-30/h20-21H,2-19,22-28H2,1H3. The fraction of sp³-hybridized carbons (Fsp3) is 0.897. The molecule has 1 saturated heterocycles. The molecule has 0 unspecified atom stereocenters. The molecule has 1 rings (SSSR count). The van der Waals surface area contributed by atoms with Crippen molar-refractivity contribution < 1.29 is 4.79 Å². The first-order valence-corrected chi connectivity index (χ1v) is 14.3. The molecule has 1 amide bonds. The van der Waals surface area contributed by atoms with E-state index in [1.807, 2.05) is 4.90 Å². The molecule has 0 spiro atoms. The molecule has 1 fully saturated rings. The molecule has 0 atom stereocenters.